The molecule has 7 nitrogen and oxygen atoms in total. The van der Waals surface area contributed by atoms with Gasteiger partial charge in [-0.05, 0) is 45.3 Å². The second-order valence-corrected chi connectivity index (χ2v) is 5.87. The van der Waals surface area contributed by atoms with Crippen molar-refractivity contribution >= 4 is 33.3 Å². The van der Waals surface area contributed by atoms with Gasteiger partial charge in [-0.3, -0.25) is 10.1 Å². The number of non-ortho nitro benzene ring substituents is 1. The van der Waals surface area contributed by atoms with Crippen molar-refractivity contribution < 1.29 is 4.92 Å². The molecule has 2 heterocycles. The van der Waals surface area contributed by atoms with E-state index in [4.69, 9.17) is 0 Å². The number of nitrogens with one attached hydrogen (secondary N) is 1. The fourth-order valence-electron chi connectivity index (χ4n) is 2.75. The molecular formula is C17H19N5O2. The Morgan fingerprint density at radius 3 is 2.83 bits per heavy atom. The van der Waals surface area contributed by atoms with Crippen LogP contribution in [0.2, 0.25) is 0 Å². The molecule has 1 aromatic carbocycles. The number of fused-ring (bicyclic) bond motifs is 2. The van der Waals surface area contributed by atoms with Crippen LogP contribution in [-0.4, -0.2) is 47.0 Å². The van der Waals surface area contributed by atoms with Crippen LogP contribution < -0.4 is 5.32 Å². The van der Waals surface area contributed by atoms with Crippen LogP contribution in [0.4, 0.5) is 11.4 Å². The van der Waals surface area contributed by atoms with Crippen LogP contribution in [0.3, 0.4) is 0 Å². The minimum Gasteiger partial charge on any atom is -0.384 e. The minimum absolute atomic E-state index is 0.0564. The Hall–Kier alpha value is -2.80. The van der Waals surface area contributed by atoms with Gasteiger partial charge in [0.25, 0.3) is 5.69 Å². The fraction of sp³-hybridized carbons (Fsp3) is 0.294. The smallest absolute Gasteiger partial charge is 0.280 e. The molecule has 0 aliphatic heterocycles. The molecule has 1 N–H and O–H groups in total. The third kappa shape index (κ3) is 3.11. The lowest BCUT2D eigenvalue weighted by Gasteiger charge is -2.14. The van der Waals surface area contributed by atoms with Crippen LogP contribution in [-0.2, 0) is 0 Å². The van der Waals surface area contributed by atoms with E-state index >= 15 is 0 Å². The zero-order valence-electron chi connectivity index (χ0n) is 13.7. The van der Waals surface area contributed by atoms with Gasteiger partial charge in [0.15, 0.2) is 5.65 Å². The molecule has 3 rings (SSSR count). The van der Waals surface area contributed by atoms with Gasteiger partial charge in [-0.2, -0.15) is 0 Å². The molecule has 3 aromatic rings. The first-order chi connectivity index (χ1) is 11.6. The van der Waals surface area contributed by atoms with Crippen molar-refractivity contribution in [3.63, 3.8) is 0 Å². The normalized spacial score (nSPS) is 11.3. The monoisotopic (exact) mass is 325 g/mol. The molecule has 0 spiro atoms. The fourth-order valence-corrected chi connectivity index (χ4v) is 2.75. The summed E-state index contributed by atoms with van der Waals surface area (Å²) >= 11 is 0. The summed E-state index contributed by atoms with van der Waals surface area (Å²) in [5.41, 5.74) is 1.95. The molecule has 2 aromatic heterocycles. The van der Waals surface area contributed by atoms with Crippen molar-refractivity contribution in [3.05, 3.63) is 46.6 Å². The van der Waals surface area contributed by atoms with E-state index < -0.39 is 0 Å². The predicted octanol–water partition coefficient (Wildman–Crippen LogP) is 3.05. The molecule has 24 heavy (non-hydrogen) atoms. The van der Waals surface area contributed by atoms with E-state index in [0.717, 1.165) is 24.0 Å². The largest absolute Gasteiger partial charge is 0.384 e. The standard InChI is InChI=1S/C17H19N5O2/c1-21(2)11-5-10-18-16-12-6-4-9-19-17(12)20-13-7-3-8-14(15(13)16)22(23)24/h3-4,6-9H,5,10-11H2,1-2H3,(H,18,19,20). The number of nitro groups is 1. The van der Waals surface area contributed by atoms with Gasteiger partial charge in [0.1, 0.15) is 5.39 Å². The van der Waals surface area contributed by atoms with Crippen LogP contribution in [0.1, 0.15) is 6.42 Å². The van der Waals surface area contributed by atoms with Crippen molar-refractivity contribution in [3.8, 4) is 0 Å². The quantitative estimate of drug-likeness (QED) is 0.324. The highest BCUT2D eigenvalue weighted by Gasteiger charge is 2.19. The van der Waals surface area contributed by atoms with Gasteiger partial charge < -0.3 is 10.2 Å². The third-order valence-corrected chi connectivity index (χ3v) is 3.83. The van der Waals surface area contributed by atoms with Gasteiger partial charge in [-0.15, -0.1) is 0 Å². The number of nitrogens with zero attached hydrogens (tertiary/aromatic N) is 4. The van der Waals surface area contributed by atoms with E-state index in [1.165, 1.54) is 6.07 Å². The Balaban J connectivity index is 2.14. The molecule has 0 radical (unpaired) electrons. The third-order valence-electron chi connectivity index (χ3n) is 3.83. The lowest BCUT2D eigenvalue weighted by Crippen LogP contribution is -2.16. The van der Waals surface area contributed by atoms with E-state index in [1.807, 2.05) is 26.2 Å². The number of aromatic nitrogens is 2. The van der Waals surface area contributed by atoms with Crippen LogP contribution in [0.25, 0.3) is 21.9 Å². The Kier molecular flexibility index (Phi) is 4.52. The maximum atomic E-state index is 11.5. The number of nitro benzene ring substituents is 1. The molecule has 0 unspecified atom stereocenters. The van der Waals surface area contributed by atoms with E-state index in [2.05, 4.69) is 20.2 Å². The average molecular weight is 325 g/mol. The number of benzene rings is 1. The van der Waals surface area contributed by atoms with E-state index in [-0.39, 0.29) is 10.6 Å². The summed E-state index contributed by atoms with van der Waals surface area (Å²) in [5, 5.41) is 16.2. The minimum atomic E-state index is -0.364. The molecular weight excluding hydrogens is 306 g/mol. The Morgan fingerprint density at radius 1 is 1.25 bits per heavy atom. The van der Waals surface area contributed by atoms with Gasteiger partial charge in [0.05, 0.1) is 16.1 Å². The highest BCUT2D eigenvalue weighted by atomic mass is 16.6. The molecule has 0 atom stereocenters. The molecule has 0 saturated heterocycles. The zero-order chi connectivity index (χ0) is 17.1. The Labute approximate surface area is 139 Å². The summed E-state index contributed by atoms with van der Waals surface area (Å²) in [5.74, 6) is 0. The van der Waals surface area contributed by atoms with Gasteiger partial charge in [0.2, 0.25) is 0 Å². The van der Waals surface area contributed by atoms with Crippen molar-refractivity contribution in [1.29, 1.82) is 0 Å². The highest BCUT2D eigenvalue weighted by Crippen LogP contribution is 2.35. The number of hydrogen-bond donors (Lipinski definition) is 1. The summed E-state index contributed by atoms with van der Waals surface area (Å²) in [4.78, 5) is 22.0. The lowest BCUT2D eigenvalue weighted by atomic mass is 10.1. The van der Waals surface area contributed by atoms with Crippen molar-refractivity contribution in [2.24, 2.45) is 0 Å². The van der Waals surface area contributed by atoms with E-state index in [0.29, 0.717) is 23.1 Å². The molecule has 0 fully saturated rings. The van der Waals surface area contributed by atoms with Gasteiger partial charge >= 0.3 is 0 Å². The molecule has 7 heteroatoms. The summed E-state index contributed by atoms with van der Waals surface area (Å²) in [7, 11) is 4.04. The first kappa shape index (κ1) is 16.1. The zero-order valence-corrected chi connectivity index (χ0v) is 13.7. The topological polar surface area (TPSA) is 84.2 Å². The van der Waals surface area contributed by atoms with Crippen molar-refractivity contribution in [1.82, 2.24) is 14.9 Å². The van der Waals surface area contributed by atoms with Crippen LogP contribution >= 0.6 is 0 Å². The Bertz CT molecular complexity index is 895. The number of pyridine rings is 2. The molecule has 0 aliphatic rings. The van der Waals surface area contributed by atoms with Gasteiger partial charge in [0, 0.05) is 24.2 Å². The SMILES string of the molecule is CN(C)CCCNc1c2cccnc2nc2cccc([N+](=O)[O-])c12. The van der Waals surface area contributed by atoms with Crippen molar-refractivity contribution in [2.45, 2.75) is 6.42 Å². The molecule has 0 saturated carbocycles. The maximum absolute atomic E-state index is 11.5. The van der Waals surface area contributed by atoms with Crippen LogP contribution in [0.15, 0.2) is 36.5 Å². The lowest BCUT2D eigenvalue weighted by molar-refractivity contribution is -0.383. The average Bonchev–Trinajstić information content (AvgIpc) is 2.56. The van der Waals surface area contributed by atoms with Crippen LogP contribution in [0, 0.1) is 10.1 Å². The number of hydrogen-bond acceptors (Lipinski definition) is 6. The number of rotatable bonds is 6. The van der Waals surface area contributed by atoms with Crippen LogP contribution in [0.5, 0.6) is 0 Å². The first-order valence-corrected chi connectivity index (χ1v) is 7.78. The summed E-state index contributed by atoms with van der Waals surface area (Å²) < 4.78 is 0. The summed E-state index contributed by atoms with van der Waals surface area (Å²) in [6.07, 6.45) is 2.60. The van der Waals surface area contributed by atoms with E-state index in [1.54, 1.807) is 18.3 Å². The molecule has 0 amide bonds. The molecule has 0 bridgehead atoms. The highest BCUT2D eigenvalue weighted by molar-refractivity contribution is 6.10. The Morgan fingerprint density at radius 2 is 2.08 bits per heavy atom. The second kappa shape index (κ2) is 6.76. The van der Waals surface area contributed by atoms with E-state index in [9.17, 15) is 10.1 Å². The second-order valence-electron chi connectivity index (χ2n) is 5.87. The maximum Gasteiger partial charge on any atom is 0.280 e. The summed E-state index contributed by atoms with van der Waals surface area (Å²) in [6.45, 7) is 1.65. The van der Waals surface area contributed by atoms with Gasteiger partial charge in [-0.1, -0.05) is 6.07 Å². The van der Waals surface area contributed by atoms with Gasteiger partial charge in [-0.25, -0.2) is 9.97 Å². The molecule has 0 aliphatic carbocycles. The predicted molar refractivity (Wildman–Crippen MR) is 95.4 cm³/mol. The van der Waals surface area contributed by atoms with Crippen molar-refractivity contribution in [2.75, 3.05) is 32.5 Å². The first-order valence-electron chi connectivity index (χ1n) is 7.78. The summed E-state index contributed by atoms with van der Waals surface area (Å²) in [6, 6.07) is 8.64. The number of anilines is 1. The molecule has 124 valence electrons.